The second-order valence-electron chi connectivity index (χ2n) is 6.79. The second-order valence-corrected chi connectivity index (χ2v) is 9.46. The lowest BCUT2D eigenvalue weighted by molar-refractivity contribution is -0.137. The predicted octanol–water partition coefficient (Wildman–Crippen LogP) is 1.08. The van der Waals surface area contributed by atoms with Gasteiger partial charge in [0.2, 0.25) is 11.8 Å². The van der Waals surface area contributed by atoms with Crippen LogP contribution in [0.25, 0.3) is 0 Å². The third-order valence-corrected chi connectivity index (χ3v) is 6.78. The molecule has 0 bridgehead atoms. The topological polar surface area (TPSA) is 92.3 Å². The number of hydrogen-bond donors (Lipinski definition) is 2. The third kappa shape index (κ3) is 4.33. The minimum absolute atomic E-state index is 0.0365. The predicted molar refractivity (Wildman–Crippen MR) is 95.0 cm³/mol. The van der Waals surface area contributed by atoms with E-state index in [1.54, 1.807) is 6.07 Å². The van der Waals surface area contributed by atoms with Gasteiger partial charge in [-0.15, -0.1) is 0 Å². The van der Waals surface area contributed by atoms with E-state index >= 15 is 0 Å². The highest BCUT2D eigenvalue weighted by Crippen LogP contribution is 2.46. The van der Waals surface area contributed by atoms with Crippen molar-refractivity contribution >= 4 is 33.3 Å². The highest BCUT2D eigenvalue weighted by atomic mass is 35.5. The minimum atomic E-state index is -3.06. The average molecular weight is 385 g/mol. The fourth-order valence-corrected chi connectivity index (χ4v) is 4.98. The van der Waals surface area contributed by atoms with Gasteiger partial charge < -0.3 is 10.6 Å². The fourth-order valence-electron chi connectivity index (χ4n) is 3.10. The van der Waals surface area contributed by atoms with Crippen LogP contribution in [0.5, 0.6) is 0 Å². The van der Waals surface area contributed by atoms with Crippen molar-refractivity contribution in [1.82, 2.24) is 10.6 Å². The molecule has 1 heterocycles. The van der Waals surface area contributed by atoms with Crippen molar-refractivity contribution in [2.75, 3.05) is 18.1 Å². The summed E-state index contributed by atoms with van der Waals surface area (Å²) >= 11 is 5.93. The number of carbonyl (C=O) groups excluding carboxylic acids is 2. The van der Waals surface area contributed by atoms with E-state index in [-0.39, 0.29) is 29.4 Å². The zero-order chi connectivity index (χ0) is 18.1. The summed E-state index contributed by atoms with van der Waals surface area (Å²) in [6.07, 6.45) is 2.05. The summed E-state index contributed by atoms with van der Waals surface area (Å²) in [5.41, 5.74) is -0.0148. The molecule has 1 aromatic rings. The number of amides is 2. The second kappa shape index (κ2) is 6.96. The molecule has 0 radical (unpaired) electrons. The number of sulfone groups is 1. The van der Waals surface area contributed by atoms with Crippen LogP contribution in [-0.2, 0) is 25.8 Å². The Morgan fingerprint density at radius 2 is 2.00 bits per heavy atom. The normalized spacial score (nSPS) is 23.0. The van der Waals surface area contributed by atoms with Gasteiger partial charge in [-0.05, 0) is 43.4 Å². The highest BCUT2D eigenvalue weighted by molar-refractivity contribution is 7.91. The summed E-state index contributed by atoms with van der Waals surface area (Å²) in [5, 5.41) is 6.20. The van der Waals surface area contributed by atoms with Crippen molar-refractivity contribution in [2.24, 2.45) is 5.41 Å². The van der Waals surface area contributed by atoms with Crippen LogP contribution >= 0.6 is 11.6 Å². The highest BCUT2D eigenvalue weighted by Gasteiger charge is 2.56. The molecule has 0 aromatic heterocycles. The summed E-state index contributed by atoms with van der Waals surface area (Å²) in [6.45, 7) is 0.423. The Bertz CT molecular complexity index is 790. The number of carbonyl (C=O) groups is 2. The van der Waals surface area contributed by atoms with Gasteiger partial charge in [0, 0.05) is 17.6 Å². The average Bonchev–Trinajstić information content (AvgIpc) is 3.28. The Hall–Kier alpha value is -1.60. The van der Waals surface area contributed by atoms with Crippen molar-refractivity contribution in [3.05, 3.63) is 34.9 Å². The molecule has 2 N–H and O–H groups in total. The summed E-state index contributed by atoms with van der Waals surface area (Å²) < 4.78 is 23.0. The Balaban J connectivity index is 1.50. The van der Waals surface area contributed by atoms with Crippen molar-refractivity contribution in [3.8, 4) is 0 Å². The van der Waals surface area contributed by atoms with Gasteiger partial charge in [-0.2, -0.15) is 0 Å². The summed E-state index contributed by atoms with van der Waals surface area (Å²) in [7, 11) is -3.06. The van der Waals surface area contributed by atoms with E-state index in [4.69, 9.17) is 11.6 Å². The molecular weight excluding hydrogens is 364 g/mol. The maximum absolute atomic E-state index is 12.4. The number of halogens is 1. The van der Waals surface area contributed by atoms with Crippen molar-refractivity contribution in [3.63, 3.8) is 0 Å². The van der Waals surface area contributed by atoms with E-state index < -0.39 is 15.3 Å². The lowest BCUT2D eigenvalue weighted by Gasteiger charge is -2.18. The van der Waals surface area contributed by atoms with E-state index in [1.807, 2.05) is 18.2 Å². The van der Waals surface area contributed by atoms with E-state index in [2.05, 4.69) is 10.6 Å². The molecule has 25 heavy (non-hydrogen) atoms. The number of benzene rings is 1. The molecule has 1 atom stereocenters. The quantitative estimate of drug-likeness (QED) is 0.718. The largest absolute Gasteiger partial charge is 0.355 e. The van der Waals surface area contributed by atoms with Crippen molar-refractivity contribution in [2.45, 2.75) is 31.7 Å². The first-order valence-electron chi connectivity index (χ1n) is 8.35. The molecule has 2 fully saturated rings. The van der Waals surface area contributed by atoms with E-state index in [9.17, 15) is 18.0 Å². The Morgan fingerprint density at radius 3 is 2.60 bits per heavy atom. The Kier molecular flexibility index (Phi) is 5.06. The first kappa shape index (κ1) is 18.2. The van der Waals surface area contributed by atoms with Gasteiger partial charge in [-0.1, -0.05) is 23.7 Å². The van der Waals surface area contributed by atoms with Gasteiger partial charge in [0.25, 0.3) is 0 Å². The van der Waals surface area contributed by atoms with E-state index in [0.29, 0.717) is 37.3 Å². The molecule has 2 amide bonds. The van der Waals surface area contributed by atoms with Gasteiger partial charge in [0.15, 0.2) is 9.84 Å². The molecular formula is C17H21ClN2O4S. The molecule has 1 aromatic carbocycles. The van der Waals surface area contributed by atoms with Gasteiger partial charge >= 0.3 is 0 Å². The molecule has 8 heteroatoms. The Morgan fingerprint density at radius 1 is 1.24 bits per heavy atom. The molecule has 1 saturated heterocycles. The van der Waals surface area contributed by atoms with Gasteiger partial charge in [-0.3, -0.25) is 9.59 Å². The minimum Gasteiger partial charge on any atom is -0.355 e. The fraction of sp³-hybridized carbons (Fsp3) is 0.529. The van der Waals surface area contributed by atoms with Gasteiger partial charge in [0.05, 0.1) is 11.5 Å². The molecule has 2 aliphatic rings. The molecule has 1 saturated carbocycles. The van der Waals surface area contributed by atoms with Crippen LogP contribution in [0.1, 0.15) is 24.8 Å². The van der Waals surface area contributed by atoms with Crippen LogP contribution in [0.4, 0.5) is 0 Å². The van der Waals surface area contributed by atoms with E-state index in [0.717, 1.165) is 5.56 Å². The third-order valence-electron chi connectivity index (χ3n) is 4.78. The molecule has 0 spiro atoms. The van der Waals surface area contributed by atoms with Crippen LogP contribution in [-0.4, -0.2) is 44.3 Å². The monoisotopic (exact) mass is 384 g/mol. The Labute approximate surface area is 152 Å². The van der Waals surface area contributed by atoms with E-state index in [1.165, 1.54) is 0 Å². The zero-order valence-electron chi connectivity index (χ0n) is 13.8. The van der Waals surface area contributed by atoms with Crippen LogP contribution in [0, 0.1) is 5.41 Å². The first-order chi connectivity index (χ1) is 11.8. The standard InChI is InChI=1S/C17H21ClN2O4S/c18-13-3-1-2-12(10-13)4-8-19-15(21)17(6-7-17)16(22)20-14-5-9-25(23,24)11-14/h1-3,10,14H,4-9,11H2,(H,19,21)(H,20,22). The van der Waals surface area contributed by atoms with Crippen LogP contribution < -0.4 is 10.6 Å². The van der Waals surface area contributed by atoms with Gasteiger partial charge in [0.1, 0.15) is 5.41 Å². The maximum atomic E-state index is 12.4. The maximum Gasteiger partial charge on any atom is 0.235 e. The SMILES string of the molecule is O=C(NCCc1cccc(Cl)c1)C1(C(=O)NC2CCS(=O)(=O)C2)CC1. The molecule has 1 aliphatic heterocycles. The first-order valence-corrected chi connectivity index (χ1v) is 10.5. The number of hydrogen-bond acceptors (Lipinski definition) is 4. The number of rotatable bonds is 6. The van der Waals surface area contributed by atoms with Crippen LogP contribution in [0.2, 0.25) is 5.02 Å². The van der Waals surface area contributed by atoms with Crippen LogP contribution in [0.3, 0.4) is 0 Å². The number of nitrogens with one attached hydrogen (secondary N) is 2. The van der Waals surface area contributed by atoms with Crippen molar-refractivity contribution in [1.29, 1.82) is 0 Å². The molecule has 6 nitrogen and oxygen atoms in total. The van der Waals surface area contributed by atoms with Crippen LogP contribution in [0.15, 0.2) is 24.3 Å². The lowest BCUT2D eigenvalue weighted by Crippen LogP contribution is -2.47. The summed E-state index contributed by atoms with van der Waals surface area (Å²) in [5.74, 6) is -0.579. The lowest BCUT2D eigenvalue weighted by atomic mass is 10.0. The molecule has 1 unspecified atom stereocenters. The smallest absolute Gasteiger partial charge is 0.235 e. The molecule has 3 rings (SSSR count). The van der Waals surface area contributed by atoms with Crippen molar-refractivity contribution < 1.29 is 18.0 Å². The summed E-state index contributed by atoms with van der Waals surface area (Å²) in [4.78, 5) is 24.8. The summed E-state index contributed by atoms with van der Waals surface area (Å²) in [6, 6.07) is 7.03. The molecule has 136 valence electrons. The van der Waals surface area contributed by atoms with Gasteiger partial charge in [-0.25, -0.2) is 8.42 Å². The molecule has 1 aliphatic carbocycles. The zero-order valence-corrected chi connectivity index (χ0v) is 15.3.